The SMILES string of the molecule is COc1nc2c(C(N)=O)cccc2n1-c1nc2c(c(NCc3cccs3)n1)OCCCC2. The highest BCUT2D eigenvalue weighted by Crippen LogP contribution is 2.34. The number of carbonyl (C=O) groups is 1. The van der Waals surface area contributed by atoms with Gasteiger partial charge in [-0.2, -0.15) is 9.97 Å². The van der Waals surface area contributed by atoms with Crippen LogP contribution in [-0.2, 0) is 13.0 Å². The number of benzene rings is 1. The minimum atomic E-state index is -0.558. The maximum Gasteiger partial charge on any atom is 0.304 e. The topological polar surface area (TPSA) is 117 Å². The summed E-state index contributed by atoms with van der Waals surface area (Å²) in [4.78, 5) is 27.2. The zero-order chi connectivity index (χ0) is 22.1. The number of anilines is 1. The predicted molar refractivity (Wildman–Crippen MR) is 122 cm³/mol. The molecule has 3 N–H and O–H groups in total. The Kier molecular flexibility index (Phi) is 5.36. The Hall–Kier alpha value is -3.66. The molecule has 4 aromatic rings. The summed E-state index contributed by atoms with van der Waals surface area (Å²) in [6.45, 7) is 1.25. The predicted octanol–water partition coefficient (Wildman–Crippen LogP) is 3.31. The summed E-state index contributed by atoms with van der Waals surface area (Å²) in [5.74, 6) is 1.14. The molecular weight excluding hydrogens is 428 g/mol. The van der Waals surface area contributed by atoms with Crippen molar-refractivity contribution < 1.29 is 14.3 Å². The maximum atomic E-state index is 11.9. The molecule has 0 unspecified atom stereocenters. The molecule has 5 rings (SSSR count). The first kappa shape index (κ1) is 20.3. The molecule has 32 heavy (non-hydrogen) atoms. The molecule has 0 radical (unpaired) electrons. The van der Waals surface area contributed by atoms with E-state index >= 15 is 0 Å². The number of hydrogen-bond donors (Lipinski definition) is 2. The molecule has 0 spiro atoms. The summed E-state index contributed by atoms with van der Waals surface area (Å²) in [6, 6.07) is 9.58. The first-order valence-corrected chi connectivity index (χ1v) is 11.2. The van der Waals surface area contributed by atoms with Gasteiger partial charge in [-0.3, -0.25) is 4.79 Å². The lowest BCUT2D eigenvalue weighted by atomic mass is 10.2. The second kappa shape index (κ2) is 8.46. The van der Waals surface area contributed by atoms with Gasteiger partial charge in [0.1, 0.15) is 5.52 Å². The molecule has 0 saturated carbocycles. The molecule has 1 aliphatic rings. The van der Waals surface area contributed by atoms with E-state index in [1.807, 2.05) is 17.5 Å². The number of nitrogens with zero attached hydrogens (tertiary/aromatic N) is 4. The van der Waals surface area contributed by atoms with Gasteiger partial charge in [0.15, 0.2) is 11.6 Å². The van der Waals surface area contributed by atoms with Gasteiger partial charge in [0, 0.05) is 4.88 Å². The van der Waals surface area contributed by atoms with Crippen LogP contribution in [0.5, 0.6) is 11.8 Å². The van der Waals surface area contributed by atoms with Crippen LogP contribution >= 0.6 is 11.3 Å². The van der Waals surface area contributed by atoms with Gasteiger partial charge in [-0.05, 0) is 42.8 Å². The summed E-state index contributed by atoms with van der Waals surface area (Å²) >= 11 is 1.67. The van der Waals surface area contributed by atoms with Gasteiger partial charge in [0.2, 0.25) is 5.95 Å². The van der Waals surface area contributed by atoms with E-state index in [9.17, 15) is 4.79 Å². The van der Waals surface area contributed by atoms with Gasteiger partial charge in [-0.15, -0.1) is 11.3 Å². The standard InChI is InChI=1S/C22H22N6O3S/c1-30-22-26-17-14(19(23)29)7-4-9-16(17)28(22)21-25-15-8-2-3-10-31-18(15)20(27-21)24-12-13-6-5-11-32-13/h4-7,9,11H,2-3,8,10,12H2,1H3,(H2,23,29)(H,24,25,27). The van der Waals surface area contributed by atoms with E-state index in [0.717, 1.165) is 25.0 Å². The molecule has 10 heteroatoms. The molecule has 164 valence electrons. The van der Waals surface area contributed by atoms with Crippen molar-refractivity contribution >= 4 is 34.1 Å². The monoisotopic (exact) mass is 450 g/mol. The number of hydrogen-bond acceptors (Lipinski definition) is 8. The summed E-state index contributed by atoms with van der Waals surface area (Å²) in [6.07, 6.45) is 2.71. The second-order valence-corrected chi connectivity index (χ2v) is 8.39. The third-order valence-corrected chi connectivity index (χ3v) is 6.17. The van der Waals surface area contributed by atoms with Crippen molar-refractivity contribution in [3.05, 3.63) is 51.8 Å². The van der Waals surface area contributed by atoms with Crippen LogP contribution in [0.4, 0.5) is 5.82 Å². The fourth-order valence-corrected chi connectivity index (χ4v) is 4.43. The summed E-state index contributed by atoms with van der Waals surface area (Å²) in [5.41, 5.74) is 7.78. The summed E-state index contributed by atoms with van der Waals surface area (Å²) < 4.78 is 13.2. The van der Waals surface area contributed by atoms with Gasteiger partial charge < -0.3 is 20.5 Å². The Morgan fingerprint density at radius 2 is 2.16 bits per heavy atom. The largest absolute Gasteiger partial charge is 0.488 e. The Morgan fingerprint density at radius 1 is 1.25 bits per heavy atom. The van der Waals surface area contributed by atoms with E-state index in [2.05, 4.69) is 16.4 Å². The number of aromatic nitrogens is 4. The third kappa shape index (κ3) is 3.62. The average Bonchev–Trinajstić information content (AvgIpc) is 3.38. The number of aryl methyl sites for hydroxylation is 1. The molecule has 0 bridgehead atoms. The van der Waals surface area contributed by atoms with Crippen molar-refractivity contribution in [2.75, 3.05) is 19.0 Å². The van der Waals surface area contributed by atoms with Crippen molar-refractivity contribution in [3.63, 3.8) is 0 Å². The highest BCUT2D eigenvalue weighted by molar-refractivity contribution is 7.09. The van der Waals surface area contributed by atoms with Crippen LogP contribution in [0.3, 0.4) is 0 Å². The van der Waals surface area contributed by atoms with Crippen LogP contribution in [0.25, 0.3) is 17.0 Å². The highest BCUT2D eigenvalue weighted by atomic mass is 32.1. The van der Waals surface area contributed by atoms with Crippen molar-refractivity contribution in [2.24, 2.45) is 5.73 Å². The number of para-hydroxylation sites is 1. The zero-order valence-electron chi connectivity index (χ0n) is 17.5. The first-order valence-electron chi connectivity index (χ1n) is 10.3. The molecule has 0 fully saturated rings. The zero-order valence-corrected chi connectivity index (χ0v) is 18.3. The molecule has 4 heterocycles. The van der Waals surface area contributed by atoms with E-state index in [1.165, 1.54) is 12.0 Å². The smallest absolute Gasteiger partial charge is 0.304 e. The lowest BCUT2D eigenvalue weighted by Crippen LogP contribution is -2.12. The molecule has 1 aromatic carbocycles. The normalized spacial score (nSPS) is 13.3. The lowest BCUT2D eigenvalue weighted by molar-refractivity contribution is 0.100. The van der Waals surface area contributed by atoms with E-state index in [4.69, 9.17) is 25.2 Å². The van der Waals surface area contributed by atoms with Crippen molar-refractivity contribution in [3.8, 4) is 17.7 Å². The maximum absolute atomic E-state index is 11.9. The van der Waals surface area contributed by atoms with Crippen LogP contribution in [0, 0.1) is 0 Å². The minimum Gasteiger partial charge on any atom is -0.488 e. The highest BCUT2D eigenvalue weighted by Gasteiger charge is 2.24. The molecule has 0 atom stereocenters. The number of methoxy groups -OCH3 is 1. The molecule has 1 aliphatic heterocycles. The van der Waals surface area contributed by atoms with E-state index in [0.29, 0.717) is 47.3 Å². The Morgan fingerprint density at radius 3 is 2.94 bits per heavy atom. The molecule has 1 amide bonds. The van der Waals surface area contributed by atoms with Gasteiger partial charge in [0.25, 0.3) is 5.91 Å². The quantitative estimate of drug-likeness (QED) is 0.463. The first-order chi connectivity index (χ1) is 15.7. The van der Waals surface area contributed by atoms with E-state index in [1.54, 1.807) is 28.0 Å². The van der Waals surface area contributed by atoms with Gasteiger partial charge in [0.05, 0.1) is 37.0 Å². The average molecular weight is 451 g/mol. The number of fused-ring (bicyclic) bond motifs is 2. The van der Waals surface area contributed by atoms with Gasteiger partial charge in [-0.1, -0.05) is 12.1 Å². The number of primary amides is 1. The number of nitrogens with one attached hydrogen (secondary N) is 1. The lowest BCUT2D eigenvalue weighted by Gasteiger charge is -2.15. The number of thiophene rings is 1. The van der Waals surface area contributed by atoms with Crippen molar-refractivity contribution in [1.82, 2.24) is 19.5 Å². The minimum absolute atomic E-state index is 0.271. The Balaban J connectivity index is 1.67. The number of nitrogens with two attached hydrogens (primary N) is 1. The summed E-state index contributed by atoms with van der Waals surface area (Å²) in [7, 11) is 1.52. The van der Waals surface area contributed by atoms with E-state index < -0.39 is 5.91 Å². The number of ether oxygens (including phenoxy) is 2. The Bertz CT molecular complexity index is 1280. The molecule has 0 saturated heterocycles. The van der Waals surface area contributed by atoms with Crippen molar-refractivity contribution in [2.45, 2.75) is 25.8 Å². The number of imidazole rings is 1. The van der Waals surface area contributed by atoms with Crippen LogP contribution in [0.1, 0.15) is 33.8 Å². The van der Waals surface area contributed by atoms with Gasteiger partial charge >= 0.3 is 6.01 Å². The van der Waals surface area contributed by atoms with Crippen LogP contribution in [0.15, 0.2) is 35.7 Å². The molecule has 3 aromatic heterocycles. The van der Waals surface area contributed by atoms with Crippen LogP contribution in [-0.4, -0.2) is 39.1 Å². The van der Waals surface area contributed by atoms with E-state index in [-0.39, 0.29) is 6.01 Å². The molecule has 9 nitrogen and oxygen atoms in total. The second-order valence-electron chi connectivity index (χ2n) is 7.36. The molecule has 0 aliphatic carbocycles. The third-order valence-electron chi connectivity index (χ3n) is 5.29. The van der Waals surface area contributed by atoms with Gasteiger partial charge in [-0.25, -0.2) is 9.55 Å². The summed E-state index contributed by atoms with van der Waals surface area (Å²) in [5, 5.41) is 5.45. The number of carbonyl (C=O) groups excluding carboxylic acids is 1. The van der Waals surface area contributed by atoms with Crippen LogP contribution < -0.4 is 20.5 Å². The van der Waals surface area contributed by atoms with Crippen LogP contribution in [0.2, 0.25) is 0 Å². The van der Waals surface area contributed by atoms with Crippen molar-refractivity contribution in [1.29, 1.82) is 0 Å². The fraction of sp³-hybridized carbons (Fsp3) is 0.273. The fourth-order valence-electron chi connectivity index (χ4n) is 3.78. The number of rotatable bonds is 6. The number of amides is 1. The Labute approximate surface area is 188 Å². The molecular formula is C22H22N6O3S.